The number of halogens is 1. The molecule has 0 aromatic heterocycles. The average Bonchev–Trinajstić information content (AvgIpc) is 2.46. The smallest absolute Gasteiger partial charge is 0.265 e. The number of nitrogens with one attached hydrogen (secondary N) is 1. The highest BCUT2D eigenvalue weighted by molar-refractivity contribution is 6.31. The second-order valence-corrected chi connectivity index (χ2v) is 5.89. The maximum absolute atomic E-state index is 12.3. The molecule has 1 unspecified atom stereocenters. The molecule has 0 saturated heterocycles. The first-order valence-electron chi connectivity index (χ1n) is 7.18. The summed E-state index contributed by atoms with van der Waals surface area (Å²) < 4.78 is 5.68. The first-order valence-corrected chi connectivity index (χ1v) is 7.55. The summed E-state index contributed by atoms with van der Waals surface area (Å²) in [6, 6.07) is 11.3. The fraction of sp³-hybridized carbons (Fsp3) is 0.278. The fourth-order valence-corrected chi connectivity index (χ4v) is 2.17. The Morgan fingerprint density at radius 3 is 2.50 bits per heavy atom. The van der Waals surface area contributed by atoms with Crippen LogP contribution in [-0.4, -0.2) is 12.0 Å². The summed E-state index contributed by atoms with van der Waals surface area (Å²) in [5, 5.41) is 3.59. The summed E-state index contributed by atoms with van der Waals surface area (Å²) in [4.78, 5) is 12.3. The van der Waals surface area contributed by atoms with E-state index in [2.05, 4.69) is 5.32 Å². The molecule has 0 bridgehead atoms. The SMILES string of the molecule is Cc1ccc(C)c(NC(=O)C(C)Oc2ccc(Cl)c(C)c2)c1. The standard InChI is InChI=1S/C18H20ClNO2/c1-11-5-6-12(2)17(9-11)20-18(21)14(4)22-15-7-8-16(19)13(3)10-15/h5-10,14H,1-4H3,(H,20,21). The number of ether oxygens (including phenoxy) is 1. The molecule has 4 heteroatoms. The number of anilines is 1. The Morgan fingerprint density at radius 1 is 1.09 bits per heavy atom. The van der Waals surface area contributed by atoms with Crippen LogP contribution in [0.5, 0.6) is 5.75 Å². The molecule has 0 aliphatic heterocycles. The van der Waals surface area contributed by atoms with Gasteiger partial charge in [0.1, 0.15) is 5.75 Å². The third-order valence-electron chi connectivity index (χ3n) is 3.46. The van der Waals surface area contributed by atoms with E-state index in [1.165, 1.54) is 0 Å². The molecular weight excluding hydrogens is 298 g/mol. The largest absolute Gasteiger partial charge is 0.481 e. The van der Waals surface area contributed by atoms with Gasteiger partial charge in [0, 0.05) is 10.7 Å². The van der Waals surface area contributed by atoms with Crippen LogP contribution in [0.4, 0.5) is 5.69 Å². The number of hydrogen-bond donors (Lipinski definition) is 1. The van der Waals surface area contributed by atoms with Crippen LogP contribution < -0.4 is 10.1 Å². The number of amides is 1. The monoisotopic (exact) mass is 317 g/mol. The van der Waals surface area contributed by atoms with Gasteiger partial charge in [0.15, 0.2) is 6.10 Å². The molecule has 0 saturated carbocycles. The predicted octanol–water partition coefficient (Wildman–Crippen LogP) is 4.67. The second kappa shape index (κ2) is 6.84. The van der Waals surface area contributed by atoms with Crippen molar-refractivity contribution in [3.63, 3.8) is 0 Å². The Morgan fingerprint density at radius 2 is 1.82 bits per heavy atom. The molecular formula is C18H20ClNO2. The summed E-state index contributed by atoms with van der Waals surface area (Å²) >= 11 is 5.98. The second-order valence-electron chi connectivity index (χ2n) is 5.48. The van der Waals surface area contributed by atoms with Gasteiger partial charge in [0.25, 0.3) is 5.91 Å². The van der Waals surface area contributed by atoms with E-state index in [4.69, 9.17) is 16.3 Å². The van der Waals surface area contributed by atoms with Gasteiger partial charge >= 0.3 is 0 Å². The Labute approximate surface area is 136 Å². The average molecular weight is 318 g/mol. The number of hydrogen-bond acceptors (Lipinski definition) is 2. The fourth-order valence-electron chi connectivity index (χ4n) is 2.05. The molecule has 1 N–H and O–H groups in total. The van der Waals surface area contributed by atoms with E-state index in [-0.39, 0.29) is 5.91 Å². The molecule has 2 aromatic rings. The summed E-state index contributed by atoms with van der Waals surface area (Å²) in [7, 11) is 0. The van der Waals surface area contributed by atoms with Crippen molar-refractivity contribution in [3.8, 4) is 5.75 Å². The van der Waals surface area contributed by atoms with Crippen molar-refractivity contribution in [3.05, 3.63) is 58.1 Å². The van der Waals surface area contributed by atoms with Gasteiger partial charge in [-0.25, -0.2) is 0 Å². The molecule has 0 fully saturated rings. The van der Waals surface area contributed by atoms with E-state index in [0.717, 1.165) is 22.4 Å². The molecule has 22 heavy (non-hydrogen) atoms. The summed E-state index contributed by atoms with van der Waals surface area (Å²) in [6.07, 6.45) is -0.597. The van der Waals surface area contributed by atoms with Crippen molar-refractivity contribution in [1.29, 1.82) is 0 Å². The van der Waals surface area contributed by atoms with E-state index in [9.17, 15) is 4.79 Å². The van der Waals surface area contributed by atoms with Crippen LogP contribution in [0.25, 0.3) is 0 Å². The number of aryl methyl sites for hydroxylation is 3. The molecule has 0 radical (unpaired) electrons. The Bertz CT molecular complexity index is 697. The quantitative estimate of drug-likeness (QED) is 0.889. The molecule has 0 aliphatic rings. The van der Waals surface area contributed by atoms with Crippen molar-refractivity contribution in [2.45, 2.75) is 33.8 Å². The van der Waals surface area contributed by atoms with Gasteiger partial charge in [-0.1, -0.05) is 23.7 Å². The number of carbonyl (C=O) groups excluding carboxylic acids is 1. The molecule has 2 rings (SSSR count). The minimum atomic E-state index is -0.597. The van der Waals surface area contributed by atoms with E-state index in [1.54, 1.807) is 19.1 Å². The summed E-state index contributed by atoms with van der Waals surface area (Å²) in [5.74, 6) is 0.451. The van der Waals surface area contributed by atoms with Crippen molar-refractivity contribution < 1.29 is 9.53 Å². The van der Waals surface area contributed by atoms with Gasteiger partial charge in [-0.05, 0) is 68.7 Å². The van der Waals surface area contributed by atoms with Crippen LogP contribution in [-0.2, 0) is 4.79 Å². The van der Waals surface area contributed by atoms with E-state index >= 15 is 0 Å². The third-order valence-corrected chi connectivity index (χ3v) is 3.89. The summed E-state index contributed by atoms with van der Waals surface area (Å²) in [5.41, 5.74) is 3.85. The summed E-state index contributed by atoms with van der Waals surface area (Å²) in [6.45, 7) is 7.58. The zero-order valence-electron chi connectivity index (χ0n) is 13.2. The van der Waals surface area contributed by atoms with Gasteiger partial charge in [-0.3, -0.25) is 4.79 Å². The van der Waals surface area contributed by atoms with Gasteiger partial charge in [0.2, 0.25) is 0 Å². The predicted molar refractivity (Wildman–Crippen MR) is 90.8 cm³/mol. The number of benzene rings is 2. The Hall–Kier alpha value is -2.00. The first kappa shape index (κ1) is 16.4. The number of rotatable bonds is 4. The van der Waals surface area contributed by atoms with Crippen LogP contribution >= 0.6 is 11.6 Å². The maximum atomic E-state index is 12.3. The van der Waals surface area contributed by atoms with Crippen molar-refractivity contribution in [2.24, 2.45) is 0 Å². The van der Waals surface area contributed by atoms with E-state index in [0.29, 0.717) is 10.8 Å². The third kappa shape index (κ3) is 4.01. The lowest BCUT2D eigenvalue weighted by Gasteiger charge is -2.16. The van der Waals surface area contributed by atoms with E-state index in [1.807, 2.05) is 45.0 Å². The van der Waals surface area contributed by atoms with Crippen molar-refractivity contribution >= 4 is 23.2 Å². The lowest BCUT2D eigenvalue weighted by atomic mass is 10.1. The van der Waals surface area contributed by atoms with Gasteiger partial charge in [-0.15, -0.1) is 0 Å². The minimum absolute atomic E-state index is 0.179. The molecule has 0 spiro atoms. The molecule has 0 aliphatic carbocycles. The molecule has 0 heterocycles. The van der Waals surface area contributed by atoms with Gasteiger partial charge < -0.3 is 10.1 Å². The highest BCUT2D eigenvalue weighted by atomic mass is 35.5. The van der Waals surface area contributed by atoms with Crippen molar-refractivity contribution in [1.82, 2.24) is 0 Å². The van der Waals surface area contributed by atoms with Crippen LogP contribution in [0.15, 0.2) is 36.4 Å². The maximum Gasteiger partial charge on any atom is 0.265 e. The lowest BCUT2D eigenvalue weighted by Crippen LogP contribution is -2.30. The lowest BCUT2D eigenvalue weighted by molar-refractivity contribution is -0.122. The van der Waals surface area contributed by atoms with Crippen LogP contribution in [0.3, 0.4) is 0 Å². The van der Waals surface area contributed by atoms with Crippen LogP contribution in [0.1, 0.15) is 23.6 Å². The van der Waals surface area contributed by atoms with Crippen molar-refractivity contribution in [2.75, 3.05) is 5.32 Å². The van der Waals surface area contributed by atoms with E-state index < -0.39 is 6.10 Å². The molecule has 3 nitrogen and oxygen atoms in total. The van der Waals surface area contributed by atoms with Gasteiger partial charge in [-0.2, -0.15) is 0 Å². The Balaban J connectivity index is 2.05. The van der Waals surface area contributed by atoms with Crippen LogP contribution in [0.2, 0.25) is 5.02 Å². The van der Waals surface area contributed by atoms with Crippen LogP contribution in [0, 0.1) is 20.8 Å². The Kier molecular flexibility index (Phi) is 5.09. The molecule has 1 amide bonds. The molecule has 2 aromatic carbocycles. The normalized spacial score (nSPS) is 11.9. The van der Waals surface area contributed by atoms with Gasteiger partial charge in [0.05, 0.1) is 0 Å². The highest BCUT2D eigenvalue weighted by Crippen LogP contribution is 2.22. The topological polar surface area (TPSA) is 38.3 Å². The zero-order valence-corrected chi connectivity index (χ0v) is 14.0. The zero-order chi connectivity index (χ0) is 16.3. The molecule has 1 atom stereocenters. The first-order chi connectivity index (χ1) is 10.4. The number of carbonyl (C=O) groups is 1. The molecule has 116 valence electrons. The highest BCUT2D eigenvalue weighted by Gasteiger charge is 2.16. The minimum Gasteiger partial charge on any atom is -0.481 e.